The number of aromatic nitrogens is 2. The van der Waals surface area contributed by atoms with E-state index in [1.807, 2.05) is 0 Å². The van der Waals surface area contributed by atoms with E-state index >= 15 is 0 Å². The molecule has 0 radical (unpaired) electrons. The summed E-state index contributed by atoms with van der Waals surface area (Å²) >= 11 is 5.95. The number of methoxy groups -OCH3 is 1. The van der Waals surface area contributed by atoms with Crippen molar-refractivity contribution < 1.29 is 22.4 Å². The molecule has 0 bridgehead atoms. The number of carbonyl (C=O) groups is 1. The Morgan fingerprint density at radius 2 is 1.87 bits per heavy atom. The number of amides is 1. The van der Waals surface area contributed by atoms with E-state index in [0.29, 0.717) is 10.8 Å². The average molecular weight is 450 g/mol. The fourth-order valence-electron chi connectivity index (χ4n) is 2.64. The highest BCUT2D eigenvalue weighted by Crippen LogP contribution is 2.24. The van der Waals surface area contributed by atoms with Gasteiger partial charge in [-0.2, -0.15) is 0 Å². The van der Waals surface area contributed by atoms with Gasteiger partial charge < -0.3 is 9.15 Å². The van der Waals surface area contributed by atoms with Crippen LogP contribution in [0, 0.1) is 0 Å². The van der Waals surface area contributed by atoms with Crippen molar-refractivity contribution in [2.45, 2.75) is 30.4 Å². The van der Waals surface area contributed by atoms with Crippen molar-refractivity contribution in [3.05, 3.63) is 64.5 Å². The van der Waals surface area contributed by atoms with Gasteiger partial charge in [-0.15, -0.1) is 5.10 Å². The zero-order chi connectivity index (χ0) is 21.9. The molecule has 0 aliphatic rings. The molecule has 0 atom stereocenters. The van der Waals surface area contributed by atoms with E-state index in [1.54, 1.807) is 50.2 Å². The number of benzene rings is 2. The normalized spacial score (nSPS) is 11.5. The zero-order valence-electron chi connectivity index (χ0n) is 16.5. The second-order valence-electron chi connectivity index (χ2n) is 6.71. The number of rotatable bonds is 7. The largest absolute Gasteiger partial charge is 0.496 e. The Kier molecular flexibility index (Phi) is 6.42. The molecule has 30 heavy (non-hydrogen) atoms. The number of halogens is 1. The van der Waals surface area contributed by atoms with Crippen molar-refractivity contribution >= 4 is 33.4 Å². The molecule has 0 unspecified atom stereocenters. The molecule has 2 aromatic carbocycles. The quantitative estimate of drug-likeness (QED) is 0.584. The van der Waals surface area contributed by atoms with Crippen LogP contribution in [0.25, 0.3) is 0 Å². The molecule has 1 amide bonds. The number of sulfone groups is 1. The van der Waals surface area contributed by atoms with Crippen molar-refractivity contribution in [2.75, 3.05) is 12.4 Å². The summed E-state index contributed by atoms with van der Waals surface area (Å²) in [5, 5.41) is 10.1. The van der Waals surface area contributed by atoms with Crippen molar-refractivity contribution in [2.24, 2.45) is 0 Å². The molecule has 158 valence electrons. The van der Waals surface area contributed by atoms with Gasteiger partial charge in [0.05, 0.1) is 29.2 Å². The van der Waals surface area contributed by atoms with Gasteiger partial charge in [-0.05, 0) is 49.7 Å². The molecule has 10 heteroatoms. The number of nitrogens with one attached hydrogen (secondary N) is 1. The maximum Gasteiger partial charge on any atom is 0.322 e. The van der Waals surface area contributed by atoms with Crippen LogP contribution >= 0.6 is 11.6 Å². The summed E-state index contributed by atoms with van der Waals surface area (Å²) in [5.74, 6) is 0.115. The highest BCUT2D eigenvalue weighted by molar-refractivity contribution is 7.92. The molecule has 0 fully saturated rings. The van der Waals surface area contributed by atoms with E-state index in [9.17, 15) is 13.2 Å². The zero-order valence-corrected chi connectivity index (χ0v) is 18.1. The lowest BCUT2D eigenvalue weighted by Gasteiger charge is -2.08. The van der Waals surface area contributed by atoms with E-state index in [4.69, 9.17) is 20.8 Å². The summed E-state index contributed by atoms with van der Waals surface area (Å²) in [7, 11) is -1.88. The summed E-state index contributed by atoms with van der Waals surface area (Å²) in [4.78, 5) is 12.7. The Morgan fingerprint density at radius 3 is 2.50 bits per heavy atom. The molecule has 3 rings (SSSR count). The third kappa shape index (κ3) is 4.80. The van der Waals surface area contributed by atoms with Gasteiger partial charge in [0.15, 0.2) is 9.84 Å². The second kappa shape index (κ2) is 8.85. The lowest BCUT2D eigenvalue weighted by atomic mass is 10.1. The van der Waals surface area contributed by atoms with Crippen LogP contribution in [0.3, 0.4) is 0 Å². The standard InChI is InChI=1S/C20H20ClN3O5S/c1-12(2)30(26,27)15-7-4-13(5-8-15)10-18-23-24-20(29-18)22-19(25)16-11-14(21)6-9-17(16)28-3/h4-9,11-12H,10H2,1-3H3,(H,22,24,25). The molecule has 3 aromatic rings. The number of carbonyl (C=O) groups excluding carboxylic acids is 1. The minimum atomic E-state index is -3.33. The Morgan fingerprint density at radius 1 is 1.17 bits per heavy atom. The first kappa shape index (κ1) is 21.8. The highest BCUT2D eigenvalue weighted by atomic mass is 35.5. The molecule has 1 N–H and O–H groups in total. The molecule has 0 spiro atoms. The summed E-state index contributed by atoms with van der Waals surface area (Å²) in [6.45, 7) is 3.27. The van der Waals surface area contributed by atoms with Crippen LogP contribution in [0.2, 0.25) is 5.02 Å². The fourth-order valence-corrected chi connectivity index (χ4v) is 3.87. The number of ether oxygens (including phenoxy) is 1. The minimum Gasteiger partial charge on any atom is -0.496 e. The van der Waals surface area contributed by atoms with E-state index in [-0.39, 0.29) is 28.8 Å². The van der Waals surface area contributed by atoms with Crippen LogP contribution in [0.5, 0.6) is 5.75 Å². The molecule has 0 aliphatic carbocycles. The van der Waals surface area contributed by atoms with Gasteiger partial charge in [-0.3, -0.25) is 10.1 Å². The van der Waals surface area contributed by atoms with Gasteiger partial charge >= 0.3 is 6.01 Å². The first-order valence-electron chi connectivity index (χ1n) is 9.01. The fraction of sp³-hybridized carbons (Fsp3) is 0.250. The predicted octanol–water partition coefficient (Wildman–Crippen LogP) is 3.76. The molecule has 8 nitrogen and oxygen atoms in total. The van der Waals surface area contributed by atoms with Gasteiger partial charge in [-0.1, -0.05) is 28.8 Å². The van der Waals surface area contributed by atoms with Crippen molar-refractivity contribution in [1.29, 1.82) is 0 Å². The van der Waals surface area contributed by atoms with Crippen molar-refractivity contribution in [3.8, 4) is 5.75 Å². The molecular weight excluding hydrogens is 430 g/mol. The van der Waals surface area contributed by atoms with E-state index in [2.05, 4.69) is 15.5 Å². The summed E-state index contributed by atoms with van der Waals surface area (Å²) in [6, 6.07) is 11.1. The van der Waals surface area contributed by atoms with Crippen molar-refractivity contribution in [3.63, 3.8) is 0 Å². The Bertz CT molecular complexity index is 1160. The van der Waals surface area contributed by atoms with Crippen LogP contribution in [0.1, 0.15) is 35.7 Å². The Balaban J connectivity index is 1.70. The van der Waals surface area contributed by atoms with Gasteiger partial charge in [0.1, 0.15) is 5.75 Å². The van der Waals surface area contributed by atoms with Crippen molar-refractivity contribution in [1.82, 2.24) is 10.2 Å². The van der Waals surface area contributed by atoms with Crippen LogP contribution in [-0.4, -0.2) is 36.9 Å². The second-order valence-corrected chi connectivity index (χ2v) is 9.65. The molecule has 1 heterocycles. The van der Waals surface area contributed by atoms with Crippen LogP contribution in [0.15, 0.2) is 51.8 Å². The lowest BCUT2D eigenvalue weighted by molar-refractivity contribution is 0.102. The lowest BCUT2D eigenvalue weighted by Crippen LogP contribution is -2.13. The molecular formula is C20H20ClN3O5S. The van der Waals surface area contributed by atoms with E-state index < -0.39 is 21.0 Å². The number of nitrogens with zero attached hydrogens (tertiary/aromatic N) is 2. The topological polar surface area (TPSA) is 111 Å². The van der Waals surface area contributed by atoms with Crippen LogP contribution < -0.4 is 10.1 Å². The Hall–Kier alpha value is -2.91. The smallest absolute Gasteiger partial charge is 0.322 e. The van der Waals surface area contributed by atoms with Gasteiger partial charge in [0, 0.05) is 5.02 Å². The number of anilines is 1. The predicted molar refractivity (Wildman–Crippen MR) is 112 cm³/mol. The number of hydrogen-bond donors (Lipinski definition) is 1. The average Bonchev–Trinajstić information content (AvgIpc) is 3.14. The number of hydrogen-bond acceptors (Lipinski definition) is 7. The molecule has 0 saturated carbocycles. The molecule has 0 aliphatic heterocycles. The summed E-state index contributed by atoms with van der Waals surface area (Å²) in [5.41, 5.74) is 1.02. The van der Waals surface area contributed by atoms with E-state index in [0.717, 1.165) is 5.56 Å². The first-order valence-corrected chi connectivity index (χ1v) is 10.9. The van der Waals surface area contributed by atoms with Gasteiger partial charge in [0.25, 0.3) is 5.91 Å². The molecule has 0 saturated heterocycles. The maximum absolute atomic E-state index is 12.5. The monoisotopic (exact) mass is 449 g/mol. The molecule has 1 aromatic heterocycles. The van der Waals surface area contributed by atoms with Crippen LogP contribution in [0.4, 0.5) is 6.01 Å². The third-order valence-corrected chi connectivity index (χ3v) is 6.73. The Labute approximate surface area is 179 Å². The minimum absolute atomic E-state index is 0.0731. The maximum atomic E-state index is 12.5. The highest BCUT2D eigenvalue weighted by Gasteiger charge is 2.19. The van der Waals surface area contributed by atoms with Gasteiger partial charge in [0.2, 0.25) is 5.89 Å². The third-order valence-electron chi connectivity index (χ3n) is 4.32. The summed E-state index contributed by atoms with van der Waals surface area (Å²) < 4.78 is 35.0. The van der Waals surface area contributed by atoms with E-state index in [1.165, 1.54) is 13.2 Å². The van der Waals surface area contributed by atoms with Gasteiger partial charge in [-0.25, -0.2) is 8.42 Å². The SMILES string of the molecule is COc1ccc(Cl)cc1C(=O)Nc1nnc(Cc2ccc(S(=O)(=O)C(C)C)cc2)o1. The first-order chi connectivity index (χ1) is 14.2. The van der Waals surface area contributed by atoms with Crippen LogP contribution in [-0.2, 0) is 16.3 Å². The summed E-state index contributed by atoms with van der Waals surface area (Å²) in [6.07, 6.45) is 0.283.